The average molecular weight is 453 g/mol. The number of morpholine rings is 1. The predicted molar refractivity (Wildman–Crippen MR) is 127 cm³/mol. The van der Waals surface area contributed by atoms with Crippen LogP contribution in [0.3, 0.4) is 0 Å². The molecule has 33 heavy (non-hydrogen) atoms. The topological polar surface area (TPSA) is 61.1 Å². The first-order valence-corrected chi connectivity index (χ1v) is 10.5. The van der Waals surface area contributed by atoms with Crippen LogP contribution in [0.5, 0.6) is 5.75 Å². The van der Waals surface area contributed by atoms with Crippen molar-refractivity contribution in [3.8, 4) is 11.4 Å². The van der Waals surface area contributed by atoms with Crippen molar-refractivity contribution in [2.75, 3.05) is 27.8 Å². The fourth-order valence-corrected chi connectivity index (χ4v) is 3.38. The molecule has 0 amide bonds. The van der Waals surface area contributed by atoms with Crippen molar-refractivity contribution in [3.05, 3.63) is 83.9 Å². The second kappa shape index (κ2) is 11.2. The average Bonchev–Trinajstić information content (AvgIpc) is 3.23. The first-order valence-electron chi connectivity index (χ1n) is 10.5. The van der Waals surface area contributed by atoms with Gasteiger partial charge in [0, 0.05) is 13.2 Å². The van der Waals surface area contributed by atoms with Gasteiger partial charge in [0.1, 0.15) is 24.8 Å². The SMILES string of the molecule is CO/N=C1/C(=C/c2ccc(-n3cnc(C)c3)c(OC)c2)O[C@H](C)CN1C.Fc1ccccc1. The second-order valence-corrected chi connectivity index (χ2v) is 7.56. The van der Waals surface area contributed by atoms with Crippen LogP contribution in [0.1, 0.15) is 18.2 Å². The highest BCUT2D eigenvalue weighted by molar-refractivity contribution is 6.00. The van der Waals surface area contributed by atoms with Gasteiger partial charge in [-0.05, 0) is 49.8 Å². The predicted octanol–water partition coefficient (Wildman–Crippen LogP) is 4.67. The van der Waals surface area contributed by atoms with Crippen LogP contribution < -0.4 is 4.74 Å². The largest absolute Gasteiger partial charge is 0.495 e. The molecule has 7 nitrogen and oxygen atoms in total. The molecule has 4 rings (SSSR count). The standard InChI is InChI=1S/C19H24N4O3.C6H5F/c1-13-10-23(12-20-13)16-7-6-15(8-17(16)24-4)9-18-19(21-25-5)22(3)11-14(2)26-18;7-6-4-2-1-3-5-6/h6-10,12,14H,11H2,1-5H3;1-5H/b18-9-,21-19-;/t14-;/m1./s1. The van der Waals surface area contributed by atoms with Crippen LogP contribution in [-0.2, 0) is 9.57 Å². The molecule has 1 atom stereocenters. The number of amidine groups is 1. The van der Waals surface area contributed by atoms with Gasteiger partial charge in [-0.15, -0.1) is 0 Å². The van der Waals surface area contributed by atoms with Crippen molar-refractivity contribution in [2.45, 2.75) is 20.0 Å². The van der Waals surface area contributed by atoms with E-state index in [9.17, 15) is 4.39 Å². The maximum absolute atomic E-state index is 11.9. The van der Waals surface area contributed by atoms with Crippen LogP contribution in [0.25, 0.3) is 11.8 Å². The number of ether oxygens (including phenoxy) is 2. The van der Waals surface area contributed by atoms with Crippen molar-refractivity contribution in [1.29, 1.82) is 0 Å². The molecule has 0 aliphatic carbocycles. The first-order chi connectivity index (χ1) is 15.9. The van der Waals surface area contributed by atoms with E-state index >= 15 is 0 Å². The Morgan fingerprint density at radius 2 is 1.94 bits per heavy atom. The number of aryl methyl sites for hydroxylation is 1. The highest BCUT2D eigenvalue weighted by atomic mass is 19.1. The summed E-state index contributed by atoms with van der Waals surface area (Å²) < 4.78 is 25.4. The van der Waals surface area contributed by atoms with E-state index in [0.717, 1.165) is 29.2 Å². The highest BCUT2D eigenvalue weighted by Crippen LogP contribution is 2.27. The Labute approximate surface area is 193 Å². The van der Waals surface area contributed by atoms with Crippen LogP contribution >= 0.6 is 0 Å². The Kier molecular flexibility index (Phi) is 8.07. The zero-order chi connectivity index (χ0) is 23.8. The maximum Gasteiger partial charge on any atom is 0.210 e. The number of methoxy groups -OCH3 is 1. The summed E-state index contributed by atoms with van der Waals surface area (Å²) in [6, 6.07) is 13.9. The lowest BCUT2D eigenvalue weighted by Gasteiger charge is -2.32. The number of hydrogen-bond donors (Lipinski definition) is 0. The number of imidazole rings is 1. The Morgan fingerprint density at radius 3 is 2.52 bits per heavy atom. The van der Waals surface area contributed by atoms with Gasteiger partial charge in [-0.25, -0.2) is 9.37 Å². The van der Waals surface area contributed by atoms with E-state index < -0.39 is 0 Å². The summed E-state index contributed by atoms with van der Waals surface area (Å²) in [5, 5.41) is 4.09. The number of halogens is 1. The van der Waals surface area contributed by atoms with E-state index in [2.05, 4.69) is 10.1 Å². The molecule has 1 aliphatic heterocycles. The normalized spacial score (nSPS) is 17.9. The van der Waals surface area contributed by atoms with E-state index in [1.54, 1.807) is 31.6 Å². The number of likely N-dealkylation sites (N-methyl/N-ethyl adjacent to an activating group) is 1. The van der Waals surface area contributed by atoms with Crippen LogP contribution in [0, 0.1) is 12.7 Å². The third kappa shape index (κ3) is 6.35. The molecule has 1 aliphatic rings. The molecule has 2 heterocycles. The molecule has 2 aromatic carbocycles. The zero-order valence-electron chi connectivity index (χ0n) is 19.5. The lowest BCUT2D eigenvalue weighted by Crippen LogP contribution is -2.41. The number of aromatic nitrogens is 2. The van der Waals surface area contributed by atoms with E-state index in [0.29, 0.717) is 11.6 Å². The summed E-state index contributed by atoms with van der Waals surface area (Å²) in [6.07, 6.45) is 5.74. The minimum Gasteiger partial charge on any atom is -0.495 e. The van der Waals surface area contributed by atoms with Crippen LogP contribution in [0.2, 0.25) is 0 Å². The van der Waals surface area contributed by atoms with Gasteiger partial charge in [0.05, 0.1) is 31.4 Å². The fraction of sp³-hybridized carbons (Fsp3) is 0.280. The third-order valence-electron chi connectivity index (χ3n) is 4.84. The second-order valence-electron chi connectivity index (χ2n) is 7.56. The van der Waals surface area contributed by atoms with Crippen LogP contribution in [-0.4, -0.2) is 54.2 Å². The summed E-state index contributed by atoms with van der Waals surface area (Å²) >= 11 is 0. The van der Waals surface area contributed by atoms with E-state index in [-0.39, 0.29) is 11.9 Å². The lowest BCUT2D eigenvalue weighted by atomic mass is 10.1. The van der Waals surface area contributed by atoms with Gasteiger partial charge in [-0.1, -0.05) is 29.4 Å². The summed E-state index contributed by atoms with van der Waals surface area (Å²) in [4.78, 5) is 11.3. The summed E-state index contributed by atoms with van der Waals surface area (Å²) in [5.41, 5.74) is 2.83. The van der Waals surface area contributed by atoms with Crippen molar-refractivity contribution < 1.29 is 18.7 Å². The third-order valence-corrected chi connectivity index (χ3v) is 4.84. The minimum absolute atomic E-state index is 0.0668. The van der Waals surface area contributed by atoms with Gasteiger partial charge >= 0.3 is 0 Å². The number of oxime groups is 1. The Morgan fingerprint density at radius 1 is 1.18 bits per heavy atom. The van der Waals surface area contributed by atoms with E-state index in [4.69, 9.17) is 14.3 Å². The van der Waals surface area contributed by atoms with Crippen LogP contribution in [0.4, 0.5) is 4.39 Å². The molecule has 3 aromatic rings. The Balaban J connectivity index is 0.000000374. The van der Waals surface area contributed by atoms with Crippen molar-refractivity contribution in [2.24, 2.45) is 5.16 Å². The quantitative estimate of drug-likeness (QED) is 0.539. The van der Waals surface area contributed by atoms with Gasteiger partial charge in [0.15, 0.2) is 5.76 Å². The fourth-order valence-electron chi connectivity index (χ4n) is 3.38. The number of hydrogen-bond acceptors (Lipinski definition) is 5. The molecule has 0 radical (unpaired) electrons. The summed E-state index contributed by atoms with van der Waals surface area (Å²) in [7, 11) is 5.15. The summed E-state index contributed by atoms with van der Waals surface area (Å²) in [5.74, 6) is 1.90. The molecule has 1 fully saturated rings. The molecule has 0 N–H and O–H groups in total. The van der Waals surface area contributed by atoms with Gasteiger partial charge in [0.2, 0.25) is 5.84 Å². The monoisotopic (exact) mass is 452 g/mol. The van der Waals surface area contributed by atoms with Crippen LogP contribution in [0.15, 0.2) is 72.0 Å². The summed E-state index contributed by atoms with van der Waals surface area (Å²) in [6.45, 7) is 4.73. The van der Waals surface area contributed by atoms with E-state index in [1.807, 2.05) is 60.8 Å². The van der Waals surface area contributed by atoms with Gasteiger partial charge in [0.25, 0.3) is 0 Å². The Bertz CT molecular complexity index is 1110. The molecule has 0 saturated carbocycles. The number of benzene rings is 2. The van der Waals surface area contributed by atoms with Crippen molar-refractivity contribution >= 4 is 11.9 Å². The Hall–Kier alpha value is -3.81. The number of nitrogens with zero attached hydrogens (tertiary/aromatic N) is 4. The molecule has 0 unspecified atom stereocenters. The van der Waals surface area contributed by atoms with Gasteiger partial charge in [-0.2, -0.15) is 0 Å². The lowest BCUT2D eigenvalue weighted by molar-refractivity contribution is 0.0957. The van der Waals surface area contributed by atoms with Gasteiger partial charge < -0.3 is 23.8 Å². The maximum atomic E-state index is 11.9. The van der Waals surface area contributed by atoms with Crippen molar-refractivity contribution in [1.82, 2.24) is 14.5 Å². The molecule has 0 spiro atoms. The van der Waals surface area contributed by atoms with Crippen molar-refractivity contribution in [3.63, 3.8) is 0 Å². The molecular formula is C25H29FN4O3. The van der Waals surface area contributed by atoms with E-state index in [1.165, 1.54) is 19.2 Å². The van der Waals surface area contributed by atoms with Gasteiger partial charge in [-0.3, -0.25) is 0 Å². The minimum atomic E-state index is -0.178. The highest BCUT2D eigenvalue weighted by Gasteiger charge is 2.25. The molecule has 8 heteroatoms. The molecule has 0 bridgehead atoms. The molecule has 1 aromatic heterocycles. The zero-order valence-corrected chi connectivity index (χ0v) is 19.5. The molecular weight excluding hydrogens is 423 g/mol. The smallest absolute Gasteiger partial charge is 0.210 e. The first kappa shape index (κ1) is 23.8. The molecule has 1 saturated heterocycles. The molecule has 174 valence electrons. The number of rotatable bonds is 4.